The minimum atomic E-state index is -0.870. The third-order valence-corrected chi connectivity index (χ3v) is 4.19. The zero-order chi connectivity index (χ0) is 18.3. The van der Waals surface area contributed by atoms with Gasteiger partial charge in [-0.3, -0.25) is 14.3 Å². The number of aromatic nitrogens is 4. The second-order valence-corrected chi connectivity index (χ2v) is 5.97. The average Bonchev–Trinajstić information content (AvgIpc) is 3.07. The highest BCUT2D eigenvalue weighted by atomic mass is 16.6. The predicted octanol–water partition coefficient (Wildman–Crippen LogP) is -0.393. The average molecular weight is 351 g/mol. The number of hydrogen-bond acceptors (Lipinski definition) is 7. The van der Waals surface area contributed by atoms with Crippen molar-refractivity contribution in [3.8, 4) is 0 Å². The quantitative estimate of drug-likeness (QED) is 0.563. The van der Waals surface area contributed by atoms with Crippen LogP contribution in [0, 0.1) is 24.0 Å². The molecule has 2 N–H and O–H groups in total. The van der Waals surface area contributed by atoms with Crippen LogP contribution in [0.4, 0.5) is 5.82 Å². The van der Waals surface area contributed by atoms with Gasteiger partial charge in [-0.25, -0.2) is 4.79 Å². The third kappa shape index (κ3) is 3.23. The SMILES string of the molecule is Cc1cn([C@H]2C[C@H](O)[C@@H](Cn3cc([N+](=O)[O-])nc3C)O2)c(=O)[nH]c1=O. The Morgan fingerprint density at radius 3 is 2.80 bits per heavy atom. The molecule has 3 heterocycles. The van der Waals surface area contributed by atoms with Crippen molar-refractivity contribution in [2.45, 2.75) is 45.2 Å². The maximum absolute atomic E-state index is 11.9. The van der Waals surface area contributed by atoms with Gasteiger partial charge in [-0.05, 0) is 16.8 Å². The lowest BCUT2D eigenvalue weighted by Gasteiger charge is -2.16. The fourth-order valence-corrected chi connectivity index (χ4v) is 2.81. The van der Waals surface area contributed by atoms with Crippen molar-refractivity contribution in [2.24, 2.45) is 0 Å². The minimum absolute atomic E-state index is 0.154. The molecule has 3 atom stereocenters. The first kappa shape index (κ1) is 17.0. The van der Waals surface area contributed by atoms with Crippen molar-refractivity contribution in [2.75, 3.05) is 0 Å². The molecule has 1 aliphatic rings. The summed E-state index contributed by atoms with van der Waals surface area (Å²) in [5.41, 5.74) is -0.747. The van der Waals surface area contributed by atoms with Gasteiger partial charge in [0, 0.05) is 25.1 Å². The molecule has 0 aromatic carbocycles. The Hall–Kier alpha value is -2.79. The lowest BCUT2D eigenvalue weighted by Crippen LogP contribution is -2.33. The van der Waals surface area contributed by atoms with E-state index < -0.39 is 34.6 Å². The summed E-state index contributed by atoms with van der Waals surface area (Å²) < 4.78 is 8.49. The lowest BCUT2D eigenvalue weighted by molar-refractivity contribution is -0.389. The molecule has 0 saturated carbocycles. The molecule has 1 saturated heterocycles. The summed E-state index contributed by atoms with van der Waals surface area (Å²) in [6.45, 7) is 3.33. The lowest BCUT2D eigenvalue weighted by atomic mass is 10.2. The van der Waals surface area contributed by atoms with E-state index >= 15 is 0 Å². The zero-order valence-electron chi connectivity index (χ0n) is 13.6. The number of nitrogens with one attached hydrogen (secondary N) is 1. The van der Waals surface area contributed by atoms with E-state index in [1.165, 1.54) is 21.5 Å². The summed E-state index contributed by atoms with van der Waals surface area (Å²) in [4.78, 5) is 39.6. The smallest absolute Gasteiger partial charge is 0.381 e. The Morgan fingerprint density at radius 2 is 2.16 bits per heavy atom. The minimum Gasteiger partial charge on any atom is -0.390 e. The molecule has 11 heteroatoms. The summed E-state index contributed by atoms with van der Waals surface area (Å²) in [5.74, 6) is 0.136. The van der Waals surface area contributed by atoms with Crippen molar-refractivity contribution < 1.29 is 14.8 Å². The highest BCUT2D eigenvalue weighted by molar-refractivity contribution is 5.16. The number of aromatic amines is 1. The van der Waals surface area contributed by atoms with Crippen LogP contribution < -0.4 is 11.2 Å². The van der Waals surface area contributed by atoms with Crippen LogP contribution in [0.15, 0.2) is 22.0 Å². The van der Waals surface area contributed by atoms with E-state index in [0.29, 0.717) is 11.4 Å². The molecule has 0 spiro atoms. The molecule has 1 aliphatic heterocycles. The van der Waals surface area contributed by atoms with E-state index in [2.05, 4.69) is 9.97 Å². The van der Waals surface area contributed by atoms with Gasteiger partial charge in [0.05, 0.1) is 12.6 Å². The molecule has 11 nitrogen and oxygen atoms in total. The molecule has 134 valence electrons. The Kier molecular flexibility index (Phi) is 4.27. The maximum atomic E-state index is 11.9. The van der Waals surface area contributed by atoms with Gasteiger partial charge in [0.25, 0.3) is 5.56 Å². The van der Waals surface area contributed by atoms with E-state index in [1.807, 2.05) is 0 Å². The molecule has 0 amide bonds. The molecule has 2 aromatic rings. The monoisotopic (exact) mass is 351 g/mol. The van der Waals surface area contributed by atoms with Crippen molar-refractivity contribution >= 4 is 5.82 Å². The molecule has 3 rings (SSSR count). The van der Waals surface area contributed by atoms with Gasteiger partial charge in [-0.15, -0.1) is 0 Å². The number of hydrogen-bond donors (Lipinski definition) is 2. The molecule has 2 aromatic heterocycles. The van der Waals surface area contributed by atoms with Crippen LogP contribution in [0.1, 0.15) is 24.0 Å². The second kappa shape index (κ2) is 6.26. The van der Waals surface area contributed by atoms with Crippen molar-refractivity contribution in [1.82, 2.24) is 19.1 Å². The summed E-state index contributed by atoms with van der Waals surface area (Å²) in [6, 6.07) is 0. The van der Waals surface area contributed by atoms with E-state index in [9.17, 15) is 24.8 Å². The van der Waals surface area contributed by atoms with E-state index in [-0.39, 0.29) is 18.8 Å². The Morgan fingerprint density at radius 1 is 1.44 bits per heavy atom. The van der Waals surface area contributed by atoms with E-state index in [0.717, 1.165) is 0 Å². The fourth-order valence-electron chi connectivity index (χ4n) is 2.81. The molecule has 0 unspecified atom stereocenters. The molecule has 0 radical (unpaired) electrons. The van der Waals surface area contributed by atoms with Crippen molar-refractivity contribution in [3.05, 3.63) is 54.7 Å². The van der Waals surface area contributed by atoms with Gasteiger partial charge in [0.2, 0.25) is 5.82 Å². The van der Waals surface area contributed by atoms with Crippen LogP contribution in [0.3, 0.4) is 0 Å². The molecular weight excluding hydrogens is 334 g/mol. The molecular formula is C14H17N5O6. The van der Waals surface area contributed by atoms with Crippen LogP contribution in [-0.2, 0) is 11.3 Å². The standard InChI is InChI=1S/C14H17N5O6/c1-7-4-18(14(22)16-13(7)21)12-3-9(20)10(25-12)5-17-6-11(19(23)24)15-8(17)2/h4,6,9-10,12,20H,3,5H2,1-2H3,(H,16,21,22)/t9-,10+,12+/m0/s1. The van der Waals surface area contributed by atoms with E-state index in [1.54, 1.807) is 13.8 Å². The second-order valence-electron chi connectivity index (χ2n) is 5.97. The molecule has 25 heavy (non-hydrogen) atoms. The molecule has 0 aliphatic carbocycles. The maximum Gasteiger partial charge on any atom is 0.381 e. The van der Waals surface area contributed by atoms with Gasteiger partial charge in [0.1, 0.15) is 18.5 Å². The number of aliphatic hydroxyl groups is 1. The number of aliphatic hydroxyl groups excluding tert-OH is 1. The van der Waals surface area contributed by atoms with Crippen LogP contribution in [0.25, 0.3) is 0 Å². The topological polar surface area (TPSA) is 145 Å². The number of rotatable bonds is 4. The normalized spacial score (nSPS) is 23.1. The van der Waals surface area contributed by atoms with Gasteiger partial charge in [-0.1, -0.05) is 0 Å². The number of nitro groups is 1. The Labute approximate surface area is 140 Å². The Balaban J connectivity index is 1.80. The fraction of sp³-hybridized carbons (Fsp3) is 0.500. The summed E-state index contributed by atoms with van der Waals surface area (Å²) in [7, 11) is 0. The molecule has 1 fully saturated rings. The van der Waals surface area contributed by atoms with Crippen molar-refractivity contribution in [3.63, 3.8) is 0 Å². The number of nitrogens with zero attached hydrogens (tertiary/aromatic N) is 4. The highest BCUT2D eigenvalue weighted by Crippen LogP contribution is 2.29. The van der Waals surface area contributed by atoms with Crippen LogP contribution in [0.2, 0.25) is 0 Å². The molecule has 0 bridgehead atoms. The summed E-state index contributed by atoms with van der Waals surface area (Å²) >= 11 is 0. The Bertz CT molecular complexity index is 929. The summed E-state index contributed by atoms with van der Waals surface area (Å²) in [5, 5.41) is 21.0. The van der Waals surface area contributed by atoms with Gasteiger partial charge >= 0.3 is 11.5 Å². The predicted molar refractivity (Wildman–Crippen MR) is 84.2 cm³/mol. The summed E-state index contributed by atoms with van der Waals surface area (Å²) in [6.07, 6.45) is 0.540. The van der Waals surface area contributed by atoms with Crippen LogP contribution in [0.5, 0.6) is 0 Å². The number of imidazole rings is 1. The van der Waals surface area contributed by atoms with Gasteiger partial charge in [-0.2, -0.15) is 0 Å². The third-order valence-electron chi connectivity index (χ3n) is 4.19. The van der Waals surface area contributed by atoms with Gasteiger partial charge < -0.3 is 24.5 Å². The zero-order valence-corrected chi connectivity index (χ0v) is 13.6. The first-order valence-corrected chi connectivity index (χ1v) is 7.60. The largest absolute Gasteiger partial charge is 0.390 e. The first-order chi connectivity index (χ1) is 11.8. The number of aryl methyl sites for hydroxylation is 2. The van der Waals surface area contributed by atoms with Crippen LogP contribution >= 0.6 is 0 Å². The number of ether oxygens (including phenoxy) is 1. The van der Waals surface area contributed by atoms with E-state index in [4.69, 9.17) is 4.74 Å². The first-order valence-electron chi connectivity index (χ1n) is 7.60. The van der Waals surface area contributed by atoms with Crippen molar-refractivity contribution in [1.29, 1.82) is 0 Å². The highest BCUT2D eigenvalue weighted by Gasteiger charge is 2.36. The van der Waals surface area contributed by atoms with Crippen LogP contribution in [-0.4, -0.2) is 41.3 Å². The number of H-pyrrole nitrogens is 1. The van der Waals surface area contributed by atoms with Gasteiger partial charge in [0.15, 0.2) is 0 Å².